The fraction of sp³-hybridized carbons (Fsp3) is 0.650. The highest BCUT2D eigenvalue weighted by molar-refractivity contribution is 5.83. The molecule has 0 bridgehead atoms. The van der Waals surface area contributed by atoms with E-state index in [1.54, 1.807) is 12.1 Å². The smallest absolute Gasteiger partial charge is 0.316 e. The van der Waals surface area contributed by atoms with E-state index in [1.807, 2.05) is 0 Å². The molecule has 0 amide bonds. The molecule has 0 radical (unpaired) electrons. The van der Waals surface area contributed by atoms with Crippen LogP contribution in [0.3, 0.4) is 0 Å². The highest BCUT2D eigenvalue weighted by Crippen LogP contribution is 2.40. The summed E-state index contributed by atoms with van der Waals surface area (Å²) < 4.78 is 19.1. The number of hydrogen-bond acceptors (Lipinski definition) is 3. The Hall–Kier alpha value is -1.42. The molecule has 24 heavy (non-hydrogen) atoms. The molecular formula is C20H28FNO2. The van der Waals surface area contributed by atoms with Gasteiger partial charge in [-0.25, -0.2) is 4.39 Å². The molecule has 2 fully saturated rings. The molecule has 1 atom stereocenters. The topological polar surface area (TPSA) is 29.5 Å². The third-order valence-corrected chi connectivity index (χ3v) is 5.82. The lowest BCUT2D eigenvalue weighted by Crippen LogP contribution is -2.44. The lowest BCUT2D eigenvalue weighted by Gasteiger charge is -2.37. The monoisotopic (exact) mass is 333 g/mol. The summed E-state index contributed by atoms with van der Waals surface area (Å²) in [5.74, 6) is -0.380. The number of benzene rings is 1. The zero-order valence-electron chi connectivity index (χ0n) is 14.6. The van der Waals surface area contributed by atoms with Crippen LogP contribution in [0.2, 0.25) is 0 Å². The second-order valence-electron chi connectivity index (χ2n) is 7.38. The molecule has 1 aromatic carbocycles. The van der Waals surface area contributed by atoms with Gasteiger partial charge in [0.2, 0.25) is 0 Å². The number of halogens is 1. The lowest BCUT2D eigenvalue weighted by molar-refractivity contribution is -0.154. The molecule has 1 saturated carbocycles. The molecule has 1 aliphatic heterocycles. The van der Waals surface area contributed by atoms with Crippen LogP contribution in [0.15, 0.2) is 24.3 Å². The summed E-state index contributed by atoms with van der Waals surface area (Å²) in [6, 6.07) is 6.75. The van der Waals surface area contributed by atoms with Crippen molar-refractivity contribution < 1.29 is 13.9 Å². The van der Waals surface area contributed by atoms with Gasteiger partial charge in [-0.1, -0.05) is 37.8 Å². The van der Waals surface area contributed by atoms with Crippen molar-refractivity contribution in [3.8, 4) is 0 Å². The van der Waals surface area contributed by atoms with E-state index in [-0.39, 0.29) is 11.8 Å². The molecular weight excluding hydrogens is 305 g/mol. The maximum atomic E-state index is 13.3. The van der Waals surface area contributed by atoms with Gasteiger partial charge >= 0.3 is 5.97 Å². The number of ether oxygens (including phenoxy) is 1. The number of nitrogens with zero attached hydrogens (tertiary/aromatic N) is 1. The summed E-state index contributed by atoms with van der Waals surface area (Å²) in [5, 5.41) is 0. The number of carbonyl (C=O) groups is 1. The van der Waals surface area contributed by atoms with Gasteiger partial charge in [0, 0.05) is 6.04 Å². The van der Waals surface area contributed by atoms with Crippen LogP contribution in [0, 0.1) is 5.82 Å². The van der Waals surface area contributed by atoms with Gasteiger partial charge in [0.25, 0.3) is 0 Å². The quantitative estimate of drug-likeness (QED) is 0.778. The maximum absolute atomic E-state index is 13.3. The van der Waals surface area contributed by atoms with Crippen LogP contribution in [-0.2, 0) is 14.9 Å². The summed E-state index contributed by atoms with van der Waals surface area (Å²) in [5.41, 5.74) is 0.324. The molecule has 1 aliphatic carbocycles. The van der Waals surface area contributed by atoms with Crippen molar-refractivity contribution in [2.24, 2.45) is 0 Å². The van der Waals surface area contributed by atoms with E-state index in [0.717, 1.165) is 50.6 Å². The lowest BCUT2D eigenvalue weighted by atomic mass is 9.69. The third kappa shape index (κ3) is 3.64. The minimum absolute atomic E-state index is 0.118. The highest BCUT2D eigenvalue weighted by atomic mass is 19.1. The van der Waals surface area contributed by atoms with Crippen molar-refractivity contribution in [3.05, 3.63) is 35.6 Å². The van der Waals surface area contributed by atoms with Gasteiger partial charge in [0.05, 0.1) is 5.41 Å². The van der Waals surface area contributed by atoms with Gasteiger partial charge in [-0.05, 0) is 57.0 Å². The van der Waals surface area contributed by atoms with E-state index >= 15 is 0 Å². The third-order valence-electron chi connectivity index (χ3n) is 5.82. The molecule has 132 valence electrons. The Morgan fingerprint density at radius 2 is 1.88 bits per heavy atom. The number of piperidine rings is 1. The van der Waals surface area contributed by atoms with Gasteiger partial charge in [-0.3, -0.25) is 4.79 Å². The average Bonchev–Trinajstić information content (AvgIpc) is 2.62. The fourth-order valence-electron chi connectivity index (χ4n) is 4.20. The maximum Gasteiger partial charge on any atom is 0.316 e. The first kappa shape index (κ1) is 17.4. The van der Waals surface area contributed by atoms with Gasteiger partial charge in [-0.15, -0.1) is 0 Å². The molecule has 0 N–H and O–H groups in total. The number of likely N-dealkylation sites (N-methyl/N-ethyl adjacent to an activating group) is 1. The standard InChI is InChI=1S/C20H28FNO2/c1-22-14-6-3-7-18(22)15-24-19(23)20(12-4-2-5-13-20)16-8-10-17(21)11-9-16/h8-11,18H,2-7,12-15H2,1H3. The van der Waals surface area contributed by atoms with Crippen molar-refractivity contribution in [1.29, 1.82) is 0 Å². The van der Waals surface area contributed by atoms with Gasteiger partial charge in [0.15, 0.2) is 0 Å². The molecule has 1 unspecified atom stereocenters. The van der Waals surface area contributed by atoms with Gasteiger partial charge < -0.3 is 9.64 Å². The predicted molar refractivity (Wildman–Crippen MR) is 92.4 cm³/mol. The second kappa shape index (κ2) is 7.64. The van der Waals surface area contributed by atoms with E-state index in [1.165, 1.54) is 25.0 Å². The highest BCUT2D eigenvalue weighted by Gasteiger charge is 2.43. The second-order valence-corrected chi connectivity index (χ2v) is 7.38. The number of carbonyl (C=O) groups excluding carboxylic acids is 1. The molecule has 3 nitrogen and oxygen atoms in total. The van der Waals surface area contributed by atoms with E-state index in [9.17, 15) is 9.18 Å². The molecule has 2 aliphatic rings. The van der Waals surface area contributed by atoms with Gasteiger partial charge in [0.1, 0.15) is 12.4 Å². The first-order valence-corrected chi connectivity index (χ1v) is 9.25. The van der Waals surface area contributed by atoms with E-state index in [4.69, 9.17) is 4.74 Å². The zero-order valence-corrected chi connectivity index (χ0v) is 14.6. The Labute approximate surface area is 144 Å². The number of likely N-dealkylation sites (tertiary alicyclic amines) is 1. The number of hydrogen-bond donors (Lipinski definition) is 0. The fourth-order valence-corrected chi connectivity index (χ4v) is 4.20. The van der Waals surface area contributed by atoms with Crippen LogP contribution < -0.4 is 0 Å². The largest absolute Gasteiger partial charge is 0.463 e. The molecule has 1 heterocycles. The summed E-state index contributed by atoms with van der Waals surface area (Å²) in [6.07, 6.45) is 8.33. The molecule has 0 aromatic heterocycles. The number of rotatable bonds is 4. The van der Waals surface area contributed by atoms with Crippen LogP contribution in [0.4, 0.5) is 4.39 Å². The van der Waals surface area contributed by atoms with Crippen LogP contribution in [-0.4, -0.2) is 37.1 Å². The van der Waals surface area contributed by atoms with E-state index in [2.05, 4.69) is 11.9 Å². The molecule has 0 spiro atoms. The first-order valence-electron chi connectivity index (χ1n) is 9.25. The predicted octanol–water partition coefficient (Wildman–Crippen LogP) is 4.06. The molecule has 1 saturated heterocycles. The van der Waals surface area contributed by atoms with Crippen molar-refractivity contribution in [2.75, 3.05) is 20.2 Å². The molecule has 1 aromatic rings. The first-order chi connectivity index (χ1) is 11.6. The summed E-state index contributed by atoms with van der Waals surface area (Å²) in [7, 11) is 2.11. The van der Waals surface area contributed by atoms with Crippen LogP contribution in [0.5, 0.6) is 0 Å². The molecule has 3 rings (SSSR count). The molecule has 4 heteroatoms. The van der Waals surface area contributed by atoms with Crippen LogP contribution in [0.25, 0.3) is 0 Å². The van der Waals surface area contributed by atoms with E-state index in [0.29, 0.717) is 12.6 Å². The Morgan fingerprint density at radius 1 is 1.17 bits per heavy atom. The SMILES string of the molecule is CN1CCCCC1COC(=O)C1(c2ccc(F)cc2)CCCCC1. The van der Waals surface area contributed by atoms with Crippen molar-refractivity contribution in [2.45, 2.75) is 62.8 Å². The Bertz CT molecular complexity index is 551. The Morgan fingerprint density at radius 3 is 2.54 bits per heavy atom. The minimum atomic E-state index is -0.584. The van der Waals surface area contributed by atoms with Crippen LogP contribution >= 0.6 is 0 Å². The normalized spacial score (nSPS) is 24.5. The average molecular weight is 333 g/mol. The van der Waals surface area contributed by atoms with Crippen LogP contribution in [0.1, 0.15) is 56.9 Å². The van der Waals surface area contributed by atoms with E-state index < -0.39 is 5.41 Å². The van der Waals surface area contributed by atoms with Crippen molar-refractivity contribution in [3.63, 3.8) is 0 Å². The summed E-state index contributed by atoms with van der Waals surface area (Å²) >= 11 is 0. The number of esters is 1. The minimum Gasteiger partial charge on any atom is -0.463 e. The zero-order chi connectivity index (χ0) is 17.0. The Kier molecular flexibility index (Phi) is 5.54. The van der Waals surface area contributed by atoms with Crippen molar-refractivity contribution in [1.82, 2.24) is 4.90 Å². The van der Waals surface area contributed by atoms with Crippen molar-refractivity contribution >= 4 is 5.97 Å². The van der Waals surface area contributed by atoms with Gasteiger partial charge in [-0.2, -0.15) is 0 Å². The summed E-state index contributed by atoms with van der Waals surface area (Å²) in [6.45, 7) is 1.55. The Balaban J connectivity index is 1.73. The summed E-state index contributed by atoms with van der Waals surface area (Å²) in [4.78, 5) is 15.3.